The highest BCUT2D eigenvalue weighted by Crippen LogP contribution is 2.53. The van der Waals surface area contributed by atoms with Gasteiger partial charge >= 0.3 is 0 Å². The van der Waals surface area contributed by atoms with Crippen LogP contribution < -0.4 is 0 Å². The summed E-state index contributed by atoms with van der Waals surface area (Å²) >= 11 is 5.97. The lowest BCUT2D eigenvalue weighted by molar-refractivity contribution is 0.0540. The summed E-state index contributed by atoms with van der Waals surface area (Å²) in [6, 6.07) is 5.37. The Balaban J connectivity index is 1.27. The first-order valence-electron chi connectivity index (χ1n) is 10.5. The quantitative estimate of drug-likeness (QED) is 0.704. The third kappa shape index (κ3) is 3.74. The Labute approximate surface area is 181 Å². The molecular weight excluding hydrogens is 405 g/mol. The highest BCUT2D eigenvalue weighted by Gasteiger charge is 2.57. The Morgan fingerprint density at radius 1 is 1.23 bits per heavy atom. The summed E-state index contributed by atoms with van der Waals surface area (Å²) in [5, 5.41) is 0.0853. The first-order chi connectivity index (χ1) is 14.4. The molecule has 1 aromatic carbocycles. The maximum Gasteiger partial charge on any atom is 0.274 e. The number of likely N-dealkylation sites (tertiary alicyclic amines) is 2. The first-order valence-corrected chi connectivity index (χ1v) is 10.9. The van der Waals surface area contributed by atoms with E-state index in [1.54, 1.807) is 29.2 Å². The van der Waals surface area contributed by atoms with E-state index >= 15 is 0 Å². The molecule has 1 saturated carbocycles. The lowest BCUT2D eigenvalue weighted by atomic mass is 10.1. The van der Waals surface area contributed by atoms with Crippen molar-refractivity contribution >= 4 is 17.5 Å². The number of benzene rings is 1. The number of amides is 1. The predicted molar refractivity (Wildman–Crippen MR) is 113 cm³/mol. The van der Waals surface area contributed by atoms with Crippen LogP contribution in [0.15, 0.2) is 30.7 Å². The molecule has 3 aliphatic rings. The maximum atomic E-state index is 13.6. The molecule has 2 aliphatic heterocycles. The van der Waals surface area contributed by atoms with Crippen LogP contribution in [0.4, 0.5) is 4.39 Å². The molecule has 1 aliphatic carbocycles. The molecule has 160 valence electrons. The fraction of sp³-hybridized carbons (Fsp3) is 0.545. The van der Waals surface area contributed by atoms with Crippen molar-refractivity contribution < 1.29 is 9.18 Å². The van der Waals surface area contributed by atoms with Crippen LogP contribution in [0.25, 0.3) is 0 Å². The fourth-order valence-corrected chi connectivity index (χ4v) is 5.37. The second kappa shape index (κ2) is 7.62. The van der Waals surface area contributed by atoms with E-state index in [0.717, 1.165) is 18.7 Å². The maximum absolute atomic E-state index is 13.6. The molecule has 0 radical (unpaired) electrons. The smallest absolute Gasteiger partial charge is 0.274 e. The third-order valence-corrected chi connectivity index (χ3v) is 7.25. The number of carbonyl (C=O) groups excluding carboxylic acids is 1. The van der Waals surface area contributed by atoms with E-state index in [1.807, 2.05) is 11.9 Å². The second-order valence-corrected chi connectivity index (χ2v) is 9.59. The Kier molecular flexibility index (Phi) is 5.08. The minimum absolute atomic E-state index is 0.0847. The summed E-state index contributed by atoms with van der Waals surface area (Å²) in [4.78, 5) is 24.3. The number of hydrogen-bond donors (Lipinski definition) is 0. The standard InChI is InChI=1S/C22H27ClFN5O/c1-26-7-15(8-26)28-9-16-17(10-28)18(16)11-29(22(30)21-12-27(2)13-25-21)6-14-3-4-20(24)19(23)5-14/h3-5,12-13,15-18H,6-11H2,1-2H3. The zero-order valence-corrected chi connectivity index (χ0v) is 18.1. The number of piperidine rings is 1. The number of aryl methyl sites for hydroxylation is 1. The molecule has 0 spiro atoms. The van der Waals surface area contributed by atoms with Gasteiger partial charge in [0.15, 0.2) is 0 Å². The van der Waals surface area contributed by atoms with Gasteiger partial charge in [-0.15, -0.1) is 0 Å². The van der Waals surface area contributed by atoms with Gasteiger partial charge in [-0.3, -0.25) is 9.69 Å². The van der Waals surface area contributed by atoms with Crippen LogP contribution in [-0.4, -0.2) is 76.0 Å². The van der Waals surface area contributed by atoms with Crippen LogP contribution in [0.3, 0.4) is 0 Å². The molecule has 3 fully saturated rings. The Morgan fingerprint density at radius 2 is 1.97 bits per heavy atom. The van der Waals surface area contributed by atoms with E-state index in [1.165, 1.54) is 19.2 Å². The normalized spacial score (nSPS) is 26.5. The summed E-state index contributed by atoms with van der Waals surface area (Å²) in [6.45, 7) is 5.73. The fourth-order valence-electron chi connectivity index (χ4n) is 5.17. The molecule has 1 aromatic heterocycles. The molecule has 2 aromatic rings. The van der Waals surface area contributed by atoms with E-state index in [4.69, 9.17) is 11.6 Å². The minimum atomic E-state index is -0.443. The van der Waals surface area contributed by atoms with Gasteiger partial charge in [-0.2, -0.15) is 0 Å². The van der Waals surface area contributed by atoms with Crippen LogP contribution in [0, 0.1) is 23.6 Å². The average molecular weight is 432 g/mol. The topological polar surface area (TPSA) is 44.6 Å². The highest BCUT2D eigenvalue weighted by molar-refractivity contribution is 6.30. The van der Waals surface area contributed by atoms with Gasteiger partial charge in [0.25, 0.3) is 5.91 Å². The van der Waals surface area contributed by atoms with Gasteiger partial charge in [0.2, 0.25) is 0 Å². The summed E-state index contributed by atoms with van der Waals surface area (Å²) in [5.74, 6) is 1.35. The van der Waals surface area contributed by atoms with Gasteiger partial charge in [-0.05, 0) is 42.5 Å². The van der Waals surface area contributed by atoms with E-state index < -0.39 is 5.82 Å². The van der Waals surface area contributed by atoms with E-state index in [9.17, 15) is 9.18 Å². The number of nitrogens with zero attached hydrogens (tertiary/aromatic N) is 5. The van der Waals surface area contributed by atoms with Crippen molar-refractivity contribution in [2.45, 2.75) is 12.6 Å². The molecule has 30 heavy (non-hydrogen) atoms. The van der Waals surface area contributed by atoms with Gasteiger partial charge in [0.1, 0.15) is 11.5 Å². The third-order valence-electron chi connectivity index (χ3n) is 6.96. The SMILES string of the molecule is CN1CC(N2CC3C(CN(Cc4ccc(F)c(Cl)c4)C(=O)c4cn(C)cn4)C3C2)C1. The van der Waals surface area contributed by atoms with Gasteiger partial charge < -0.3 is 14.4 Å². The molecular formula is C22H27ClFN5O. The molecule has 2 unspecified atom stereocenters. The lowest BCUT2D eigenvalue weighted by Crippen LogP contribution is -2.57. The Morgan fingerprint density at radius 3 is 2.57 bits per heavy atom. The largest absolute Gasteiger partial charge is 0.340 e. The van der Waals surface area contributed by atoms with Crippen LogP contribution in [0.2, 0.25) is 5.02 Å². The summed E-state index contributed by atoms with van der Waals surface area (Å²) in [5.41, 5.74) is 1.27. The van der Waals surface area contributed by atoms with Gasteiger partial charge in [0.05, 0.1) is 11.3 Å². The van der Waals surface area contributed by atoms with Crippen molar-refractivity contribution in [3.63, 3.8) is 0 Å². The molecule has 2 saturated heterocycles. The van der Waals surface area contributed by atoms with E-state index in [-0.39, 0.29) is 10.9 Å². The Hall–Kier alpha value is -1.96. The minimum Gasteiger partial charge on any atom is -0.340 e. The van der Waals surface area contributed by atoms with Crippen molar-refractivity contribution in [3.05, 3.63) is 52.8 Å². The van der Waals surface area contributed by atoms with E-state index in [0.29, 0.717) is 42.6 Å². The van der Waals surface area contributed by atoms with Crippen molar-refractivity contribution in [1.82, 2.24) is 24.3 Å². The van der Waals surface area contributed by atoms with Crippen molar-refractivity contribution in [1.29, 1.82) is 0 Å². The van der Waals surface area contributed by atoms with Gasteiger partial charge in [-0.25, -0.2) is 9.37 Å². The molecule has 0 bridgehead atoms. The number of fused-ring (bicyclic) bond motifs is 1. The number of likely N-dealkylation sites (N-methyl/N-ethyl adjacent to an activating group) is 1. The first kappa shape index (κ1) is 20.0. The summed E-state index contributed by atoms with van der Waals surface area (Å²) in [6.07, 6.45) is 3.38. The molecule has 0 N–H and O–H groups in total. The monoisotopic (exact) mass is 431 g/mol. The lowest BCUT2D eigenvalue weighted by Gasteiger charge is -2.43. The number of hydrogen-bond acceptors (Lipinski definition) is 4. The number of halogens is 2. The predicted octanol–water partition coefficient (Wildman–Crippen LogP) is 2.35. The van der Waals surface area contributed by atoms with Crippen LogP contribution in [0.1, 0.15) is 16.1 Å². The van der Waals surface area contributed by atoms with Crippen molar-refractivity contribution in [2.24, 2.45) is 24.8 Å². The summed E-state index contributed by atoms with van der Waals surface area (Å²) < 4.78 is 15.3. The zero-order chi connectivity index (χ0) is 21.0. The van der Waals surface area contributed by atoms with Crippen LogP contribution >= 0.6 is 11.6 Å². The van der Waals surface area contributed by atoms with Gasteiger partial charge in [-0.1, -0.05) is 17.7 Å². The molecule has 2 atom stereocenters. The zero-order valence-electron chi connectivity index (χ0n) is 17.3. The molecule has 6 nitrogen and oxygen atoms in total. The van der Waals surface area contributed by atoms with Crippen LogP contribution in [0.5, 0.6) is 0 Å². The molecule has 8 heteroatoms. The highest BCUT2D eigenvalue weighted by atomic mass is 35.5. The van der Waals surface area contributed by atoms with E-state index in [2.05, 4.69) is 21.8 Å². The Bertz CT molecular complexity index is 947. The van der Waals surface area contributed by atoms with Crippen molar-refractivity contribution in [3.8, 4) is 0 Å². The number of carbonyl (C=O) groups is 1. The molecule has 1 amide bonds. The number of rotatable bonds is 6. The molecule has 3 heterocycles. The number of imidazole rings is 1. The molecule has 5 rings (SSSR count). The summed E-state index contributed by atoms with van der Waals surface area (Å²) in [7, 11) is 4.02. The second-order valence-electron chi connectivity index (χ2n) is 9.18. The van der Waals surface area contributed by atoms with Crippen molar-refractivity contribution in [2.75, 3.05) is 39.8 Å². The van der Waals surface area contributed by atoms with Gasteiger partial charge in [0, 0.05) is 58.6 Å². The van der Waals surface area contributed by atoms with Crippen LogP contribution in [-0.2, 0) is 13.6 Å². The number of aromatic nitrogens is 2. The average Bonchev–Trinajstić information content (AvgIpc) is 3.03.